The maximum absolute atomic E-state index is 13.3. The minimum absolute atomic E-state index is 0.116. The molecule has 3 heteroatoms. The molecule has 0 bridgehead atoms. The Kier molecular flexibility index (Phi) is 2.79. The molecule has 1 aliphatic heterocycles. The first-order valence-corrected chi connectivity index (χ1v) is 4.98. The van der Waals surface area contributed by atoms with Crippen LogP contribution >= 0.6 is 0 Å². The molecule has 1 aromatic carbocycles. The molecule has 0 aromatic heterocycles. The van der Waals surface area contributed by atoms with E-state index in [4.69, 9.17) is 0 Å². The van der Waals surface area contributed by atoms with E-state index in [9.17, 15) is 4.39 Å². The van der Waals surface area contributed by atoms with Crippen molar-refractivity contribution >= 4 is 0 Å². The van der Waals surface area contributed by atoms with E-state index in [-0.39, 0.29) is 11.9 Å². The Morgan fingerprint density at radius 2 is 2.21 bits per heavy atom. The topological polar surface area (TPSA) is 24.1 Å². The van der Waals surface area contributed by atoms with Crippen molar-refractivity contribution in [2.24, 2.45) is 0 Å². The fourth-order valence-corrected chi connectivity index (χ4v) is 1.87. The van der Waals surface area contributed by atoms with Crippen molar-refractivity contribution in [1.29, 1.82) is 0 Å². The fraction of sp³-hybridized carbons (Fsp3) is 0.455. The van der Waals surface area contributed by atoms with Crippen LogP contribution in [0.1, 0.15) is 17.2 Å². The molecule has 2 nitrogen and oxygen atoms in total. The fourth-order valence-electron chi connectivity index (χ4n) is 1.87. The van der Waals surface area contributed by atoms with Gasteiger partial charge in [0, 0.05) is 25.7 Å². The Hall–Kier alpha value is -0.930. The highest BCUT2D eigenvalue weighted by Crippen LogP contribution is 2.20. The van der Waals surface area contributed by atoms with E-state index in [1.807, 2.05) is 13.0 Å². The SMILES string of the molecule is Cc1c(F)cccc1[C@H]1CNCCN1. The number of halogens is 1. The Morgan fingerprint density at radius 1 is 1.36 bits per heavy atom. The van der Waals surface area contributed by atoms with Crippen LogP contribution in [0, 0.1) is 12.7 Å². The number of piperazine rings is 1. The molecule has 1 heterocycles. The molecule has 2 N–H and O–H groups in total. The van der Waals surface area contributed by atoms with Crippen LogP contribution < -0.4 is 10.6 Å². The van der Waals surface area contributed by atoms with E-state index >= 15 is 0 Å². The summed E-state index contributed by atoms with van der Waals surface area (Å²) in [5, 5.41) is 6.67. The lowest BCUT2D eigenvalue weighted by molar-refractivity contribution is 0.427. The van der Waals surface area contributed by atoms with Crippen LogP contribution in [0.15, 0.2) is 18.2 Å². The number of benzene rings is 1. The minimum atomic E-state index is -0.116. The highest BCUT2D eigenvalue weighted by molar-refractivity contribution is 5.30. The first-order valence-electron chi connectivity index (χ1n) is 4.98. The number of hydrogen-bond donors (Lipinski definition) is 2. The van der Waals surface area contributed by atoms with Crippen molar-refractivity contribution < 1.29 is 4.39 Å². The average Bonchev–Trinajstić information content (AvgIpc) is 2.23. The Morgan fingerprint density at radius 3 is 2.93 bits per heavy atom. The van der Waals surface area contributed by atoms with Gasteiger partial charge in [-0.2, -0.15) is 0 Å². The molecule has 76 valence electrons. The standard InChI is InChI=1S/C11H15FN2/c1-8-9(3-2-4-10(8)12)11-7-13-5-6-14-11/h2-4,11,13-14H,5-7H2,1H3/t11-/m1/s1. The Labute approximate surface area is 83.5 Å². The van der Waals surface area contributed by atoms with Crippen LogP contribution in [0.25, 0.3) is 0 Å². The minimum Gasteiger partial charge on any atom is -0.314 e. The summed E-state index contributed by atoms with van der Waals surface area (Å²) in [4.78, 5) is 0. The molecule has 1 fully saturated rings. The van der Waals surface area contributed by atoms with Crippen LogP contribution in [0.5, 0.6) is 0 Å². The summed E-state index contributed by atoms with van der Waals surface area (Å²) in [6, 6.07) is 5.52. The van der Waals surface area contributed by atoms with Crippen LogP contribution in [0.3, 0.4) is 0 Å². The monoisotopic (exact) mass is 194 g/mol. The van der Waals surface area contributed by atoms with E-state index in [0.29, 0.717) is 0 Å². The molecule has 0 amide bonds. The summed E-state index contributed by atoms with van der Waals surface area (Å²) < 4.78 is 13.3. The molecule has 0 spiro atoms. The first kappa shape index (κ1) is 9.62. The van der Waals surface area contributed by atoms with Crippen LogP contribution in [0.4, 0.5) is 4.39 Å². The molecule has 0 saturated carbocycles. The van der Waals surface area contributed by atoms with Gasteiger partial charge in [-0.05, 0) is 24.1 Å². The van der Waals surface area contributed by atoms with Gasteiger partial charge >= 0.3 is 0 Å². The van der Waals surface area contributed by atoms with E-state index in [0.717, 1.165) is 30.8 Å². The smallest absolute Gasteiger partial charge is 0.126 e. The average molecular weight is 194 g/mol. The van der Waals surface area contributed by atoms with E-state index in [2.05, 4.69) is 10.6 Å². The second kappa shape index (κ2) is 4.07. The lowest BCUT2D eigenvalue weighted by Crippen LogP contribution is -2.42. The summed E-state index contributed by atoms with van der Waals surface area (Å²) in [6.45, 7) is 4.65. The lowest BCUT2D eigenvalue weighted by atomic mass is 10.00. The molecule has 1 saturated heterocycles. The lowest BCUT2D eigenvalue weighted by Gasteiger charge is -2.26. The summed E-state index contributed by atoms with van der Waals surface area (Å²) in [5.41, 5.74) is 1.82. The van der Waals surface area contributed by atoms with Crippen LogP contribution in [0.2, 0.25) is 0 Å². The number of hydrogen-bond acceptors (Lipinski definition) is 2. The Balaban J connectivity index is 2.26. The van der Waals surface area contributed by atoms with Crippen molar-refractivity contribution in [1.82, 2.24) is 10.6 Å². The second-order valence-corrected chi connectivity index (χ2v) is 3.66. The van der Waals surface area contributed by atoms with Gasteiger partial charge in [-0.15, -0.1) is 0 Å². The largest absolute Gasteiger partial charge is 0.314 e. The summed E-state index contributed by atoms with van der Waals surface area (Å²) >= 11 is 0. The van der Waals surface area contributed by atoms with Crippen molar-refractivity contribution in [2.75, 3.05) is 19.6 Å². The van der Waals surface area contributed by atoms with Gasteiger partial charge in [0.2, 0.25) is 0 Å². The van der Waals surface area contributed by atoms with Gasteiger partial charge < -0.3 is 10.6 Å². The zero-order valence-electron chi connectivity index (χ0n) is 8.31. The summed E-state index contributed by atoms with van der Waals surface area (Å²) in [6.07, 6.45) is 0. The van der Waals surface area contributed by atoms with Gasteiger partial charge in [-0.1, -0.05) is 12.1 Å². The van der Waals surface area contributed by atoms with Gasteiger partial charge in [0.1, 0.15) is 5.82 Å². The number of rotatable bonds is 1. The predicted molar refractivity (Wildman–Crippen MR) is 54.8 cm³/mol. The van der Waals surface area contributed by atoms with E-state index in [1.54, 1.807) is 6.07 Å². The third-order valence-electron chi connectivity index (χ3n) is 2.73. The molecule has 1 aliphatic rings. The van der Waals surface area contributed by atoms with E-state index in [1.165, 1.54) is 6.07 Å². The molecular weight excluding hydrogens is 179 g/mol. The number of nitrogens with one attached hydrogen (secondary N) is 2. The molecule has 1 aromatic rings. The summed E-state index contributed by atoms with van der Waals surface area (Å²) in [5.74, 6) is -0.116. The second-order valence-electron chi connectivity index (χ2n) is 3.66. The highest BCUT2D eigenvalue weighted by atomic mass is 19.1. The zero-order chi connectivity index (χ0) is 9.97. The van der Waals surface area contributed by atoms with Crippen molar-refractivity contribution in [3.8, 4) is 0 Å². The van der Waals surface area contributed by atoms with Gasteiger partial charge in [0.25, 0.3) is 0 Å². The van der Waals surface area contributed by atoms with Gasteiger partial charge in [-0.3, -0.25) is 0 Å². The van der Waals surface area contributed by atoms with Gasteiger partial charge in [0.05, 0.1) is 0 Å². The molecule has 0 radical (unpaired) electrons. The zero-order valence-corrected chi connectivity index (χ0v) is 8.31. The predicted octanol–water partition coefficient (Wildman–Crippen LogP) is 1.37. The highest BCUT2D eigenvalue weighted by Gasteiger charge is 2.16. The molecule has 1 atom stereocenters. The Bertz CT molecular complexity index is 319. The molecular formula is C11H15FN2. The van der Waals surface area contributed by atoms with Crippen LogP contribution in [-0.4, -0.2) is 19.6 Å². The first-order chi connectivity index (χ1) is 6.79. The van der Waals surface area contributed by atoms with Crippen molar-refractivity contribution in [3.05, 3.63) is 35.1 Å². The van der Waals surface area contributed by atoms with Crippen LogP contribution in [-0.2, 0) is 0 Å². The van der Waals surface area contributed by atoms with Gasteiger partial charge in [0.15, 0.2) is 0 Å². The molecule has 14 heavy (non-hydrogen) atoms. The third kappa shape index (κ3) is 1.79. The van der Waals surface area contributed by atoms with E-state index < -0.39 is 0 Å². The normalized spacial score (nSPS) is 22.3. The summed E-state index contributed by atoms with van der Waals surface area (Å²) in [7, 11) is 0. The van der Waals surface area contributed by atoms with Gasteiger partial charge in [-0.25, -0.2) is 4.39 Å². The quantitative estimate of drug-likeness (QED) is 0.705. The van der Waals surface area contributed by atoms with Crippen molar-refractivity contribution in [2.45, 2.75) is 13.0 Å². The maximum atomic E-state index is 13.3. The molecule has 0 unspecified atom stereocenters. The molecule has 2 rings (SSSR count). The van der Waals surface area contributed by atoms with Crippen molar-refractivity contribution in [3.63, 3.8) is 0 Å². The molecule has 0 aliphatic carbocycles. The maximum Gasteiger partial charge on any atom is 0.126 e. The third-order valence-corrected chi connectivity index (χ3v) is 2.73.